The Morgan fingerprint density at radius 2 is 2.06 bits per heavy atom. The van der Waals surface area contributed by atoms with Crippen molar-refractivity contribution in [2.75, 3.05) is 12.8 Å². The van der Waals surface area contributed by atoms with E-state index in [2.05, 4.69) is 0 Å². The first-order valence-electron chi connectivity index (χ1n) is 5.60. The van der Waals surface area contributed by atoms with Crippen LogP contribution >= 0.6 is 0 Å². The van der Waals surface area contributed by atoms with E-state index in [1.807, 2.05) is 6.92 Å². The molecule has 0 spiro atoms. The van der Waals surface area contributed by atoms with E-state index in [4.69, 9.17) is 10.5 Å². The molecule has 0 amide bonds. The highest BCUT2D eigenvalue weighted by molar-refractivity contribution is 7.92. The molecule has 0 aliphatic carbocycles. The Hall–Kier alpha value is -1.23. The van der Waals surface area contributed by atoms with Crippen LogP contribution in [0.4, 0.5) is 5.69 Å². The summed E-state index contributed by atoms with van der Waals surface area (Å²) >= 11 is 0. The van der Waals surface area contributed by atoms with Crippen molar-refractivity contribution in [1.29, 1.82) is 0 Å². The molecule has 0 saturated carbocycles. The van der Waals surface area contributed by atoms with Crippen LogP contribution in [0.2, 0.25) is 0 Å². The van der Waals surface area contributed by atoms with Crippen molar-refractivity contribution in [1.82, 2.24) is 0 Å². The van der Waals surface area contributed by atoms with Gasteiger partial charge in [-0.05, 0) is 25.5 Å². The van der Waals surface area contributed by atoms with Gasteiger partial charge in [-0.25, -0.2) is 8.42 Å². The summed E-state index contributed by atoms with van der Waals surface area (Å²) in [6, 6.07) is 4.62. The summed E-state index contributed by atoms with van der Waals surface area (Å²) in [5, 5.41) is -0.412. The number of hydrogen-bond donors (Lipinski definition) is 1. The van der Waals surface area contributed by atoms with Gasteiger partial charge < -0.3 is 10.5 Å². The van der Waals surface area contributed by atoms with Crippen molar-refractivity contribution in [2.45, 2.75) is 36.8 Å². The minimum absolute atomic E-state index is 0.218. The van der Waals surface area contributed by atoms with Crippen LogP contribution in [0.25, 0.3) is 0 Å². The van der Waals surface area contributed by atoms with E-state index in [1.165, 1.54) is 19.2 Å². The van der Waals surface area contributed by atoms with E-state index in [1.54, 1.807) is 13.0 Å². The lowest BCUT2D eigenvalue weighted by Gasteiger charge is -2.15. The zero-order chi connectivity index (χ0) is 13.1. The molecule has 1 aromatic carbocycles. The third-order valence-electron chi connectivity index (χ3n) is 2.72. The first-order valence-corrected chi connectivity index (χ1v) is 7.15. The highest BCUT2D eigenvalue weighted by Gasteiger charge is 2.25. The van der Waals surface area contributed by atoms with Crippen molar-refractivity contribution in [3.05, 3.63) is 18.2 Å². The number of rotatable bonds is 5. The number of anilines is 1. The molecule has 1 rings (SSSR count). The Kier molecular flexibility index (Phi) is 4.40. The molecular formula is C12H19NO3S. The molecule has 4 nitrogen and oxygen atoms in total. The molecule has 0 heterocycles. The maximum absolute atomic E-state index is 12.3. The van der Waals surface area contributed by atoms with Gasteiger partial charge in [0.05, 0.1) is 12.4 Å². The van der Waals surface area contributed by atoms with Gasteiger partial charge in [0.25, 0.3) is 0 Å². The molecule has 17 heavy (non-hydrogen) atoms. The molecule has 1 atom stereocenters. The molecule has 0 saturated heterocycles. The van der Waals surface area contributed by atoms with E-state index < -0.39 is 15.1 Å². The van der Waals surface area contributed by atoms with Crippen molar-refractivity contribution in [3.63, 3.8) is 0 Å². The van der Waals surface area contributed by atoms with Gasteiger partial charge in [-0.1, -0.05) is 13.3 Å². The second kappa shape index (κ2) is 5.40. The summed E-state index contributed by atoms with van der Waals surface area (Å²) in [6.45, 7) is 3.68. The van der Waals surface area contributed by atoms with Crippen molar-refractivity contribution < 1.29 is 13.2 Å². The number of benzene rings is 1. The molecule has 1 unspecified atom stereocenters. The zero-order valence-electron chi connectivity index (χ0n) is 10.4. The second-order valence-electron chi connectivity index (χ2n) is 4.05. The first kappa shape index (κ1) is 13.8. The number of ether oxygens (including phenoxy) is 1. The summed E-state index contributed by atoms with van der Waals surface area (Å²) in [5.74, 6) is 0.313. The number of sulfone groups is 1. The van der Waals surface area contributed by atoms with E-state index in [0.717, 1.165) is 6.42 Å². The molecule has 0 aliphatic heterocycles. The van der Waals surface area contributed by atoms with E-state index in [-0.39, 0.29) is 4.90 Å². The van der Waals surface area contributed by atoms with Crippen LogP contribution in [0.5, 0.6) is 5.75 Å². The van der Waals surface area contributed by atoms with Crippen LogP contribution in [-0.4, -0.2) is 20.8 Å². The van der Waals surface area contributed by atoms with Crippen molar-refractivity contribution >= 4 is 15.5 Å². The zero-order valence-corrected chi connectivity index (χ0v) is 11.3. The van der Waals surface area contributed by atoms with Crippen LogP contribution in [0.15, 0.2) is 23.1 Å². The minimum Gasteiger partial charge on any atom is -0.495 e. The van der Waals surface area contributed by atoms with Crippen LogP contribution in [0, 0.1) is 0 Å². The topological polar surface area (TPSA) is 69.4 Å². The van der Waals surface area contributed by atoms with Gasteiger partial charge in [-0.3, -0.25) is 0 Å². The average Bonchev–Trinajstić information content (AvgIpc) is 2.28. The highest BCUT2D eigenvalue weighted by Crippen LogP contribution is 2.30. The fourth-order valence-corrected chi connectivity index (χ4v) is 3.36. The standard InChI is InChI=1S/C12H19NO3S/c1-4-5-9(2)17(14,15)12-7-6-10(13)8-11(12)16-3/h6-9H,4-5,13H2,1-3H3. The maximum atomic E-state index is 12.3. The number of methoxy groups -OCH3 is 1. The van der Waals surface area contributed by atoms with Crippen LogP contribution < -0.4 is 10.5 Å². The third kappa shape index (κ3) is 2.91. The molecule has 0 aliphatic rings. The predicted molar refractivity (Wildman–Crippen MR) is 69.0 cm³/mol. The molecule has 5 heteroatoms. The predicted octanol–water partition coefficient (Wildman–Crippen LogP) is 2.24. The normalized spacial score (nSPS) is 13.4. The van der Waals surface area contributed by atoms with Crippen LogP contribution in [0.1, 0.15) is 26.7 Å². The van der Waals surface area contributed by atoms with Gasteiger partial charge in [-0.15, -0.1) is 0 Å². The summed E-state index contributed by atoms with van der Waals surface area (Å²) in [6.07, 6.45) is 1.47. The Labute approximate surface area is 103 Å². The lowest BCUT2D eigenvalue weighted by Crippen LogP contribution is -2.18. The number of nitrogens with two attached hydrogens (primary N) is 1. The average molecular weight is 257 g/mol. The van der Waals surface area contributed by atoms with E-state index in [9.17, 15) is 8.42 Å². The van der Waals surface area contributed by atoms with Gasteiger partial charge >= 0.3 is 0 Å². The third-order valence-corrected chi connectivity index (χ3v) is 4.96. The smallest absolute Gasteiger partial charge is 0.184 e. The second-order valence-corrected chi connectivity index (χ2v) is 6.39. The number of hydrogen-bond acceptors (Lipinski definition) is 4. The Bertz CT molecular complexity index is 483. The Balaban J connectivity index is 3.23. The molecular weight excluding hydrogens is 238 g/mol. The molecule has 0 bridgehead atoms. The molecule has 96 valence electrons. The van der Waals surface area contributed by atoms with Gasteiger partial charge in [0.15, 0.2) is 9.84 Å². The van der Waals surface area contributed by atoms with Gasteiger partial charge in [0.2, 0.25) is 0 Å². The van der Waals surface area contributed by atoms with Gasteiger partial charge in [0, 0.05) is 11.8 Å². The lowest BCUT2D eigenvalue weighted by atomic mass is 10.3. The van der Waals surface area contributed by atoms with Crippen LogP contribution in [0.3, 0.4) is 0 Å². The summed E-state index contributed by atoms with van der Waals surface area (Å²) in [4.78, 5) is 0.218. The fourth-order valence-electron chi connectivity index (χ4n) is 1.70. The summed E-state index contributed by atoms with van der Waals surface area (Å²) < 4.78 is 29.7. The van der Waals surface area contributed by atoms with Crippen LogP contribution in [-0.2, 0) is 9.84 Å². The first-order chi connectivity index (χ1) is 7.93. The maximum Gasteiger partial charge on any atom is 0.184 e. The van der Waals surface area contributed by atoms with E-state index in [0.29, 0.717) is 17.9 Å². The van der Waals surface area contributed by atoms with Gasteiger partial charge in [0.1, 0.15) is 10.6 Å². The minimum atomic E-state index is -3.34. The Morgan fingerprint density at radius 1 is 1.41 bits per heavy atom. The Morgan fingerprint density at radius 3 is 2.59 bits per heavy atom. The van der Waals surface area contributed by atoms with E-state index >= 15 is 0 Å². The lowest BCUT2D eigenvalue weighted by molar-refractivity contribution is 0.402. The quantitative estimate of drug-likeness (QED) is 0.821. The summed E-state index contributed by atoms with van der Waals surface area (Å²) in [7, 11) is -1.90. The highest BCUT2D eigenvalue weighted by atomic mass is 32.2. The molecule has 0 radical (unpaired) electrons. The molecule has 2 N–H and O–H groups in total. The van der Waals surface area contributed by atoms with Gasteiger partial charge in [-0.2, -0.15) is 0 Å². The molecule has 0 fully saturated rings. The summed E-state index contributed by atoms with van der Waals surface area (Å²) in [5.41, 5.74) is 6.10. The van der Waals surface area contributed by atoms with Crippen molar-refractivity contribution in [3.8, 4) is 5.75 Å². The molecule has 0 aromatic heterocycles. The molecule has 1 aromatic rings. The number of nitrogen functional groups attached to an aromatic ring is 1. The fraction of sp³-hybridized carbons (Fsp3) is 0.500. The van der Waals surface area contributed by atoms with Crippen molar-refractivity contribution in [2.24, 2.45) is 0 Å². The monoisotopic (exact) mass is 257 g/mol. The largest absolute Gasteiger partial charge is 0.495 e. The SMILES string of the molecule is CCCC(C)S(=O)(=O)c1ccc(N)cc1OC.